The number of carbonyl (C=O) groups is 4. The van der Waals surface area contributed by atoms with Crippen LogP contribution in [0.15, 0.2) is 24.3 Å². The molecule has 3 amide bonds. The van der Waals surface area contributed by atoms with Crippen molar-refractivity contribution in [2.45, 2.75) is 71.1 Å². The van der Waals surface area contributed by atoms with E-state index in [1.165, 1.54) is 12.1 Å². The van der Waals surface area contributed by atoms with Crippen molar-refractivity contribution >= 4 is 23.7 Å². The maximum atomic E-state index is 12.9. The van der Waals surface area contributed by atoms with E-state index in [0.29, 0.717) is 12.0 Å². The molecule has 11 heteroatoms. The van der Waals surface area contributed by atoms with E-state index in [0.717, 1.165) is 0 Å². The molecule has 4 atom stereocenters. The second kappa shape index (κ2) is 14.3. The van der Waals surface area contributed by atoms with E-state index in [9.17, 15) is 34.5 Å². The van der Waals surface area contributed by atoms with E-state index in [4.69, 9.17) is 5.73 Å². The summed E-state index contributed by atoms with van der Waals surface area (Å²) in [6.45, 7) is 6.73. The Hall–Kier alpha value is -3.18. The minimum absolute atomic E-state index is 0.0278. The molecule has 0 fully saturated rings. The first-order valence-electron chi connectivity index (χ1n) is 11.6. The molecule has 4 unspecified atom stereocenters. The highest BCUT2D eigenvalue weighted by Crippen LogP contribution is 2.12. The van der Waals surface area contributed by atoms with E-state index < -0.39 is 54.5 Å². The lowest BCUT2D eigenvalue weighted by atomic mass is 10.0. The summed E-state index contributed by atoms with van der Waals surface area (Å²) in [5, 5.41) is 36.0. The average Bonchev–Trinajstić information content (AvgIpc) is 2.76. The molecule has 0 bridgehead atoms. The molecular weight excluding hydrogens is 456 g/mol. The fourth-order valence-corrected chi connectivity index (χ4v) is 3.40. The number of nitrogens with two attached hydrogens (primary N) is 1. The zero-order chi connectivity index (χ0) is 26.7. The molecule has 196 valence electrons. The number of nitrogens with one attached hydrogen (secondary N) is 3. The number of phenols is 1. The molecule has 0 saturated carbocycles. The Kier molecular flexibility index (Phi) is 12.2. The largest absolute Gasteiger partial charge is 0.508 e. The molecule has 35 heavy (non-hydrogen) atoms. The fraction of sp³-hybridized carbons (Fsp3) is 0.583. The summed E-state index contributed by atoms with van der Waals surface area (Å²) in [5.74, 6) is -3.21. The number of aromatic hydroxyl groups is 1. The Morgan fingerprint density at radius 3 is 1.77 bits per heavy atom. The molecule has 1 aromatic carbocycles. The molecule has 0 aromatic heterocycles. The number of rotatable bonds is 14. The number of carboxylic acids is 1. The van der Waals surface area contributed by atoms with Crippen LogP contribution in [0, 0.1) is 11.8 Å². The summed E-state index contributed by atoms with van der Waals surface area (Å²) in [4.78, 5) is 49.7. The van der Waals surface area contributed by atoms with Crippen LogP contribution in [0.4, 0.5) is 0 Å². The van der Waals surface area contributed by atoms with Gasteiger partial charge in [0.2, 0.25) is 17.7 Å². The van der Waals surface area contributed by atoms with Crippen LogP contribution < -0.4 is 21.7 Å². The van der Waals surface area contributed by atoms with Crippen LogP contribution in [0.5, 0.6) is 5.75 Å². The summed E-state index contributed by atoms with van der Waals surface area (Å²) in [7, 11) is 0. The third-order valence-electron chi connectivity index (χ3n) is 5.21. The third-order valence-corrected chi connectivity index (χ3v) is 5.21. The second-order valence-corrected chi connectivity index (χ2v) is 9.44. The van der Waals surface area contributed by atoms with Gasteiger partial charge in [0.15, 0.2) is 0 Å². The summed E-state index contributed by atoms with van der Waals surface area (Å²) in [5.41, 5.74) is 6.42. The molecule has 8 N–H and O–H groups in total. The van der Waals surface area contributed by atoms with Gasteiger partial charge in [-0.3, -0.25) is 14.4 Å². The quantitative estimate of drug-likeness (QED) is 0.186. The van der Waals surface area contributed by atoms with Gasteiger partial charge in [-0.25, -0.2) is 4.79 Å². The van der Waals surface area contributed by atoms with Gasteiger partial charge >= 0.3 is 5.97 Å². The number of amides is 3. The summed E-state index contributed by atoms with van der Waals surface area (Å²) < 4.78 is 0. The summed E-state index contributed by atoms with van der Waals surface area (Å²) >= 11 is 0. The molecule has 0 aliphatic carbocycles. The minimum Gasteiger partial charge on any atom is -0.508 e. The van der Waals surface area contributed by atoms with E-state index in [2.05, 4.69) is 16.0 Å². The number of hydrogen-bond acceptors (Lipinski definition) is 7. The van der Waals surface area contributed by atoms with Gasteiger partial charge in [0.1, 0.15) is 23.9 Å². The van der Waals surface area contributed by atoms with Gasteiger partial charge < -0.3 is 37.0 Å². The lowest BCUT2D eigenvalue weighted by Gasteiger charge is -2.25. The van der Waals surface area contributed by atoms with Crippen LogP contribution >= 0.6 is 0 Å². The fourth-order valence-electron chi connectivity index (χ4n) is 3.40. The third kappa shape index (κ3) is 10.7. The standard InChI is InChI=1S/C24H38N4O7/c1-13(2)9-17(25)21(31)28-20(12-29)23(33)26-18(10-14(3)4)22(32)27-19(24(34)35)11-15-5-7-16(30)8-6-15/h5-8,13-14,17-20,29-30H,9-12,25H2,1-4H3,(H,26,33)(H,27,32)(H,28,31)(H,34,35). The second-order valence-electron chi connectivity index (χ2n) is 9.44. The predicted molar refractivity (Wildman–Crippen MR) is 129 cm³/mol. The van der Waals surface area contributed by atoms with Crippen LogP contribution in [0.2, 0.25) is 0 Å². The number of aliphatic hydroxyl groups is 1. The van der Waals surface area contributed by atoms with Crippen LogP contribution in [-0.4, -0.2) is 69.8 Å². The van der Waals surface area contributed by atoms with Crippen molar-refractivity contribution in [3.8, 4) is 5.75 Å². The van der Waals surface area contributed by atoms with Crippen molar-refractivity contribution in [1.82, 2.24) is 16.0 Å². The Balaban J connectivity index is 2.91. The molecule has 0 spiro atoms. The Morgan fingerprint density at radius 2 is 1.29 bits per heavy atom. The van der Waals surface area contributed by atoms with Crippen LogP contribution in [0.25, 0.3) is 0 Å². The topological polar surface area (TPSA) is 191 Å². The normalized spacial score (nSPS) is 14.6. The van der Waals surface area contributed by atoms with Gasteiger partial charge in [-0.1, -0.05) is 39.8 Å². The van der Waals surface area contributed by atoms with Crippen molar-refractivity contribution in [1.29, 1.82) is 0 Å². The highest BCUT2D eigenvalue weighted by Gasteiger charge is 2.30. The molecule has 0 saturated heterocycles. The van der Waals surface area contributed by atoms with Crippen LogP contribution in [0.3, 0.4) is 0 Å². The first kappa shape index (κ1) is 29.9. The van der Waals surface area contributed by atoms with Gasteiger partial charge in [-0.15, -0.1) is 0 Å². The first-order chi connectivity index (χ1) is 16.3. The molecular formula is C24H38N4O7. The summed E-state index contributed by atoms with van der Waals surface area (Å²) in [6, 6.07) is 1.36. The number of hydrogen-bond donors (Lipinski definition) is 7. The highest BCUT2D eigenvalue weighted by atomic mass is 16.4. The molecule has 1 rings (SSSR count). The van der Waals surface area contributed by atoms with Crippen molar-refractivity contribution < 1.29 is 34.5 Å². The van der Waals surface area contributed by atoms with Gasteiger partial charge in [-0.05, 0) is 42.4 Å². The van der Waals surface area contributed by atoms with E-state index in [-0.39, 0.29) is 30.4 Å². The number of aliphatic carboxylic acids is 1. The van der Waals surface area contributed by atoms with Gasteiger partial charge in [0.05, 0.1) is 12.6 Å². The van der Waals surface area contributed by atoms with Gasteiger partial charge in [-0.2, -0.15) is 0 Å². The van der Waals surface area contributed by atoms with Crippen LogP contribution in [-0.2, 0) is 25.6 Å². The Morgan fingerprint density at radius 1 is 0.800 bits per heavy atom. The average molecular weight is 495 g/mol. The monoisotopic (exact) mass is 494 g/mol. The van der Waals surface area contributed by atoms with E-state index >= 15 is 0 Å². The lowest BCUT2D eigenvalue weighted by Crippen LogP contribution is -2.58. The zero-order valence-electron chi connectivity index (χ0n) is 20.7. The van der Waals surface area contributed by atoms with Gasteiger partial charge in [0, 0.05) is 6.42 Å². The van der Waals surface area contributed by atoms with Crippen LogP contribution in [0.1, 0.15) is 46.1 Å². The summed E-state index contributed by atoms with van der Waals surface area (Å²) in [6.07, 6.45) is 0.552. The predicted octanol–water partition coefficient (Wildman–Crippen LogP) is -0.114. The molecule has 0 aliphatic heterocycles. The number of carbonyl (C=O) groups excluding carboxylic acids is 3. The molecule has 0 radical (unpaired) electrons. The Labute approximate surface area is 205 Å². The Bertz CT molecular complexity index is 858. The maximum Gasteiger partial charge on any atom is 0.326 e. The zero-order valence-corrected chi connectivity index (χ0v) is 20.7. The van der Waals surface area contributed by atoms with Crippen molar-refractivity contribution in [2.24, 2.45) is 17.6 Å². The molecule has 1 aromatic rings. The molecule has 0 aliphatic rings. The SMILES string of the molecule is CC(C)CC(N)C(=O)NC(CO)C(=O)NC(CC(C)C)C(=O)NC(Cc1ccc(O)cc1)C(=O)O. The molecule has 0 heterocycles. The highest BCUT2D eigenvalue weighted by molar-refractivity contribution is 5.94. The van der Waals surface area contributed by atoms with Gasteiger partial charge in [0.25, 0.3) is 0 Å². The first-order valence-corrected chi connectivity index (χ1v) is 11.6. The number of benzene rings is 1. The van der Waals surface area contributed by atoms with E-state index in [1.807, 2.05) is 27.7 Å². The van der Waals surface area contributed by atoms with E-state index in [1.54, 1.807) is 12.1 Å². The number of carboxylic acid groups (broad SMARTS) is 1. The van der Waals surface area contributed by atoms with Crippen molar-refractivity contribution in [3.63, 3.8) is 0 Å². The van der Waals surface area contributed by atoms with Crippen molar-refractivity contribution in [3.05, 3.63) is 29.8 Å². The van der Waals surface area contributed by atoms with Crippen molar-refractivity contribution in [2.75, 3.05) is 6.61 Å². The molecule has 11 nitrogen and oxygen atoms in total. The number of aliphatic hydroxyl groups excluding tert-OH is 1. The maximum absolute atomic E-state index is 12.9. The number of phenolic OH excluding ortho intramolecular Hbond substituents is 1. The smallest absolute Gasteiger partial charge is 0.326 e. The lowest BCUT2D eigenvalue weighted by molar-refractivity contribution is -0.142. The minimum atomic E-state index is -1.32.